The Morgan fingerprint density at radius 3 is 2.33 bits per heavy atom. The van der Waals surface area contributed by atoms with Gasteiger partial charge in [0.1, 0.15) is 0 Å². The molecule has 1 unspecified atom stereocenters. The van der Waals surface area contributed by atoms with Crippen molar-refractivity contribution < 1.29 is 13.2 Å². The summed E-state index contributed by atoms with van der Waals surface area (Å²) in [6.45, 7) is 5.78. The largest absolute Gasteiger partial charge is 0.395 e. The van der Waals surface area contributed by atoms with Crippen molar-refractivity contribution in [3.05, 3.63) is 23.9 Å². The van der Waals surface area contributed by atoms with Gasteiger partial charge in [0.25, 0.3) is 0 Å². The van der Waals surface area contributed by atoms with Crippen LogP contribution in [0, 0.1) is 5.92 Å². The van der Waals surface area contributed by atoms with Crippen LogP contribution in [0.2, 0.25) is 0 Å². The van der Waals surface area contributed by atoms with Gasteiger partial charge in [-0.05, 0) is 26.8 Å². The van der Waals surface area contributed by atoms with Crippen LogP contribution in [-0.2, 0) is 0 Å². The topological polar surface area (TPSA) is 12.0 Å². The maximum atomic E-state index is 12.4. The van der Waals surface area contributed by atoms with Gasteiger partial charge in [-0.1, -0.05) is 12.2 Å². The average molecular weight is 219 g/mol. The normalized spacial score (nSPS) is 22.5. The molecule has 0 aromatic heterocycles. The van der Waals surface area contributed by atoms with Crippen LogP contribution < -0.4 is 5.32 Å². The van der Waals surface area contributed by atoms with E-state index >= 15 is 0 Å². The Hall–Kier alpha value is -0.930. The number of allylic oxidation sites excluding steroid dienone is 4. The summed E-state index contributed by atoms with van der Waals surface area (Å²) in [6, 6.07) is 0. The van der Waals surface area contributed by atoms with Crippen LogP contribution in [0.5, 0.6) is 0 Å². The molecule has 86 valence electrons. The van der Waals surface area contributed by atoms with Crippen molar-refractivity contribution in [1.82, 2.24) is 5.32 Å². The lowest BCUT2D eigenvalue weighted by Crippen LogP contribution is -2.37. The van der Waals surface area contributed by atoms with E-state index in [0.717, 1.165) is 0 Å². The zero-order chi connectivity index (χ0) is 11.7. The monoisotopic (exact) mass is 219 g/mol. The molecule has 0 heterocycles. The minimum Gasteiger partial charge on any atom is -0.384 e. The summed E-state index contributed by atoms with van der Waals surface area (Å²) >= 11 is 0. The van der Waals surface area contributed by atoms with Crippen molar-refractivity contribution >= 4 is 0 Å². The van der Waals surface area contributed by atoms with E-state index in [2.05, 4.69) is 5.32 Å². The Morgan fingerprint density at radius 2 is 1.87 bits per heavy atom. The second-order valence-corrected chi connectivity index (χ2v) is 4.80. The second kappa shape index (κ2) is 3.91. The number of alkyl halides is 3. The highest BCUT2D eigenvalue weighted by Gasteiger charge is 2.39. The van der Waals surface area contributed by atoms with Gasteiger partial charge >= 0.3 is 6.18 Å². The molecule has 0 saturated heterocycles. The van der Waals surface area contributed by atoms with Crippen molar-refractivity contribution in [3.63, 3.8) is 0 Å². The predicted octanol–water partition coefficient (Wildman–Crippen LogP) is 3.40. The van der Waals surface area contributed by atoms with Crippen molar-refractivity contribution in [1.29, 1.82) is 0 Å². The van der Waals surface area contributed by atoms with Gasteiger partial charge in [-0.2, -0.15) is 13.2 Å². The molecule has 1 atom stereocenters. The minimum atomic E-state index is -4.14. The highest BCUT2D eigenvalue weighted by atomic mass is 19.4. The molecule has 0 fully saturated rings. The summed E-state index contributed by atoms with van der Waals surface area (Å²) in [7, 11) is 0. The third-order valence-electron chi connectivity index (χ3n) is 2.04. The smallest absolute Gasteiger partial charge is 0.384 e. The Labute approximate surface area is 88.1 Å². The van der Waals surface area contributed by atoms with Gasteiger partial charge in [0.15, 0.2) is 0 Å². The molecule has 0 spiro atoms. The highest BCUT2D eigenvalue weighted by molar-refractivity contribution is 5.20. The molecular formula is C11H16F3N. The van der Waals surface area contributed by atoms with Gasteiger partial charge in [-0.3, -0.25) is 0 Å². The zero-order valence-electron chi connectivity index (χ0n) is 9.15. The van der Waals surface area contributed by atoms with E-state index < -0.39 is 12.1 Å². The summed E-state index contributed by atoms with van der Waals surface area (Å²) in [6.07, 6.45) is 0.240. The first-order valence-corrected chi connectivity index (χ1v) is 4.91. The molecule has 0 aliphatic heterocycles. The van der Waals surface area contributed by atoms with E-state index in [1.807, 2.05) is 20.8 Å². The molecule has 4 heteroatoms. The van der Waals surface area contributed by atoms with Crippen LogP contribution in [0.1, 0.15) is 27.2 Å². The van der Waals surface area contributed by atoms with E-state index in [1.54, 1.807) is 6.08 Å². The molecule has 0 aromatic carbocycles. The summed E-state index contributed by atoms with van der Waals surface area (Å²) in [5.41, 5.74) is 0.444. The average Bonchev–Trinajstić information content (AvgIpc) is 1.99. The molecule has 1 rings (SSSR count). The second-order valence-electron chi connectivity index (χ2n) is 4.80. The third kappa shape index (κ3) is 3.98. The lowest BCUT2D eigenvalue weighted by atomic mass is 9.96. The van der Waals surface area contributed by atoms with E-state index in [1.165, 1.54) is 12.2 Å². The quantitative estimate of drug-likeness (QED) is 0.712. The van der Waals surface area contributed by atoms with Gasteiger partial charge in [-0.25, -0.2) is 0 Å². The van der Waals surface area contributed by atoms with Crippen molar-refractivity contribution in [3.8, 4) is 0 Å². The Balaban J connectivity index is 2.65. The molecule has 0 radical (unpaired) electrons. The first-order chi connectivity index (χ1) is 6.68. The van der Waals surface area contributed by atoms with Crippen LogP contribution in [0.4, 0.5) is 13.2 Å². The van der Waals surface area contributed by atoms with Crippen LogP contribution in [0.3, 0.4) is 0 Å². The van der Waals surface area contributed by atoms with Crippen LogP contribution in [0.15, 0.2) is 23.9 Å². The molecule has 0 amide bonds. The highest BCUT2D eigenvalue weighted by Crippen LogP contribution is 2.33. The molecule has 0 aromatic rings. The number of rotatable bonds is 1. The number of halogens is 3. The van der Waals surface area contributed by atoms with Crippen molar-refractivity contribution in [2.45, 2.75) is 38.9 Å². The first-order valence-electron chi connectivity index (χ1n) is 4.91. The molecule has 15 heavy (non-hydrogen) atoms. The number of hydrogen-bond donors (Lipinski definition) is 1. The van der Waals surface area contributed by atoms with Crippen LogP contribution in [0.25, 0.3) is 0 Å². The van der Waals surface area contributed by atoms with Crippen molar-refractivity contribution in [2.75, 3.05) is 0 Å². The zero-order valence-corrected chi connectivity index (χ0v) is 9.15. The fourth-order valence-corrected chi connectivity index (χ4v) is 1.48. The maximum absolute atomic E-state index is 12.4. The summed E-state index contributed by atoms with van der Waals surface area (Å²) in [4.78, 5) is 0. The van der Waals surface area contributed by atoms with E-state index in [9.17, 15) is 13.2 Å². The lowest BCUT2D eigenvalue weighted by molar-refractivity contribution is -0.161. The summed E-state index contributed by atoms with van der Waals surface area (Å²) in [5.74, 6) is -1.35. The van der Waals surface area contributed by atoms with E-state index in [4.69, 9.17) is 0 Å². The Morgan fingerprint density at radius 1 is 1.27 bits per heavy atom. The maximum Gasteiger partial charge on any atom is 0.395 e. The molecule has 1 N–H and O–H groups in total. The van der Waals surface area contributed by atoms with Gasteiger partial charge in [0.05, 0.1) is 5.92 Å². The summed E-state index contributed by atoms with van der Waals surface area (Å²) in [5, 5.41) is 3.07. The first kappa shape index (κ1) is 12.1. The van der Waals surface area contributed by atoms with E-state index in [-0.39, 0.29) is 12.0 Å². The van der Waals surface area contributed by atoms with Gasteiger partial charge in [0, 0.05) is 17.7 Å². The minimum absolute atomic E-state index is 0.0112. The van der Waals surface area contributed by atoms with Gasteiger partial charge in [-0.15, -0.1) is 0 Å². The van der Waals surface area contributed by atoms with Crippen molar-refractivity contribution in [2.24, 2.45) is 5.92 Å². The standard InChI is InChI=1S/C11H16F3N/c1-10(2,3)15-9-6-4-5-8(7-9)11(12,13)14/h4-6,8,15H,7H2,1-3H3. The van der Waals surface area contributed by atoms with Gasteiger partial charge < -0.3 is 5.32 Å². The van der Waals surface area contributed by atoms with Gasteiger partial charge in [0.2, 0.25) is 0 Å². The predicted molar refractivity (Wildman–Crippen MR) is 54.3 cm³/mol. The van der Waals surface area contributed by atoms with Crippen LogP contribution in [-0.4, -0.2) is 11.7 Å². The SMILES string of the molecule is CC(C)(C)NC1=CC=CC(C(F)(F)F)C1. The third-order valence-corrected chi connectivity index (χ3v) is 2.04. The molecule has 1 nitrogen and oxygen atoms in total. The van der Waals surface area contributed by atoms with Crippen LogP contribution >= 0.6 is 0 Å². The molecular weight excluding hydrogens is 203 g/mol. The number of nitrogens with one attached hydrogen (secondary N) is 1. The fraction of sp³-hybridized carbons (Fsp3) is 0.636. The molecule has 0 saturated carbocycles. The summed E-state index contributed by atoms with van der Waals surface area (Å²) < 4.78 is 37.3. The molecule has 1 aliphatic carbocycles. The Kier molecular flexibility index (Phi) is 3.16. The Bertz CT molecular complexity index is 281. The molecule has 1 aliphatic rings. The molecule has 0 bridgehead atoms. The lowest BCUT2D eigenvalue weighted by Gasteiger charge is -2.28. The number of hydrogen-bond acceptors (Lipinski definition) is 1. The van der Waals surface area contributed by atoms with E-state index in [0.29, 0.717) is 5.70 Å². The fourth-order valence-electron chi connectivity index (χ4n) is 1.48.